The van der Waals surface area contributed by atoms with Crippen molar-refractivity contribution in [2.45, 2.75) is 44.7 Å². The van der Waals surface area contributed by atoms with Crippen LogP contribution in [-0.2, 0) is 16.0 Å². The molecule has 1 unspecified atom stereocenters. The predicted octanol–water partition coefficient (Wildman–Crippen LogP) is 1.07. The highest BCUT2D eigenvalue weighted by Gasteiger charge is 2.34. The van der Waals surface area contributed by atoms with Crippen LogP contribution in [0.3, 0.4) is 0 Å². The third-order valence-electron chi connectivity index (χ3n) is 3.79. The summed E-state index contributed by atoms with van der Waals surface area (Å²) in [4.78, 5) is 26.5. The standard InChI is InChI=1S/C17H25N3O2/c1-17(2,18)12-19-16(22)14-9-6-10-20(14)15(21)11-13-7-4-3-5-8-13/h3-5,7-8,14H,6,9-12,18H2,1-2H3,(H,19,22). The van der Waals surface area contributed by atoms with Crippen LogP contribution in [-0.4, -0.2) is 41.4 Å². The third kappa shape index (κ3) is 4.56. The first kappa shape index (κ1) is 16.5. The topological polar surface area (TPSA) is 75.4 Å². The van der Waals surface area contributed by atoms with Crippen molar-refractivity contribution in [1.29, 1.82) is 0 Å². The lowest BCUT2D eigenvalue weighted by atomic mass is 10.1. The van der Waals surface area contributed by atoms with E-state index in [2.05, 4.69) is 5.32 Å². The van der Waals surface area contributed by atoms with Crippen molar-refractivity contribution in [2.75, 3.05) is 13.1 Å². The second-order valence-electron chi connectivity index (χ2n) is 6.61. The Hall–Kier alpha value is -1.88. The second kappa shape index (κ2) is 6.92. The molecule has 1 aliphatic rings. The lowest BCUT2D eigenvalue weighted by molar-refractivity contribution is -0.138. The minimum Gasteiger partial charge on any atom is -0.352 e. The number of likely N-dealkylation sites (tertiary alicyclic amines) is 1. The number of nitrogens with one attached hydrogen (secondary N) is 1. The summed E-state index contributed by atoms with van der Waals surface area (Å²) in [6.45, 7) is 4.78. The molecule has 5 nitrogen and oxygen atoms in total. The van der Waals surface area contributed by atoms with Gasteiger partial charge >= 0.3 is 0 Å². The number of hydrogen-bond acceptors (Lipinski definition) is 3. The Kier molecular flexibility index (Phi) is 5.19. The molecule has 1 heterocycles. The summed E-state index contributed by atoms with van der Waals surface area (Å²) in [6.07, 6.45) is 1.93. The molecule has 1 aromatic carbocycles. The summed E-state index contributed by atoms with van der Waals surface area (Å²) in [7, 11) is 0. The fourth-order valence-electron chi connectivity index (χ4n) is 2.64. The molecule has 1 aromatic rings. The van der Waals surface area contributed by atoms with Gasteiger partial charge in [0.1, 0.15) is 6.04 Å². The summed E-state index contributed by atoms with van der Waals surface area (Å²) < 4.78 is 0. The van der Waals surface area contributed by atoms with E-state index < -0.39 is 5.54 Å². The summed E-state index contributed by atoms with van der Waals surface area (Å²) in [6, 6.07) is 9.26. The Morgan fingerprint density at radius 2 is 2.00 bits per heavy atom. The van der Waals surface area contributed by atoms with Crippen molar-refractivity contribution >= 4 is 11.8 Å². The summed E-state index contributed by atoms with van der Waals surface area (Å²) in [5.74, 6) is -0.0895. The van der Waals surface area contributed by atoms with Crippen LogP contribution < -0.4 is 11.1 Å². The van der Waals surface area contributed by atoms with E-state index in [1.54, 1.807) is 4.90 Å². The highest BCUT2D eigenvalue weighted by molar-refractivity contribution is 5.89. The molecule has 0 radical (unpaired) electrons. The average Bonchev–Trinajstić information content (AvgIpc) is 2.94. The number of hydrogen-bond donors (Lipinski definition) is 2. The van der Waals surface area contributed by atoms with E-state index >= 15 is 0 Å². The van der Waals surface area contributed by atoms with Gasteiger partial charge in [-0.2, -0.15) is 0 Å². The molecule has 0 saturated carbocycles. The molecule has 2 amide bonds. The van der Waals surface area contributed by atoms with Gasteiger partial charge in [-0.15, -0.1) is 0 Å². The molecule has 0 bridgehead atoms. The molecule has 3 N–H and O–H groups in total. The second-order valence-corrected chi connectivity index (χ2v) is 6.61. The van der Waals surface area contributed by atoms with E-state index in [1.807, 2.05) is 44.2 Å². The fourth-order valence-corrected chi connectivity index (χ4v) is 2.64. The van der Waals surface area contributed by atoms with E-state index in [4.69, 9.17) is 5.73 Å². The van der Waals surface area contributed by atoms with Crippen molar-refractivity contribution in [3.63, 3.8) is 0 Å². The molecule has 1 aliphatic heterocycles. The van der Waals surface area contributed by atoms with Crippen LogP contribution in [0.4, 0.5) is 0 Å². The van der Waals surface area contributed by atoms with Crippen LogP contribution in [0.15, 0.2) is 30.3 Å². The zero-order valence-corrected chi connectivity index (χ0v) is 13.3. The van der Waals surface area contributed by atoms with Crippen LogP contribution in [0.1, 0.15) is 32.3 Å². The fraction of sp³-hybridized carbons (Fsp3) is 0.529. The number of carbonyl (C=O) groups excluding carboxylic acids is 2. The molecule has 2 rings (SSSR count). The monoisotopic (exact) mass is 303 g/mol. The molecule has 0 aliphatic carbocycles. The molecule has 1 atom stereocenters. The summed E-state index contributed by atoms with van der Waals surface area (Å²) >= 11 is 0. The Bertz CT molecular complexity index is 522. The first-order valence-electron chi connectivity index (χ1n) is 7.77. The van der Waals surface area contributed by atoms with E-state index in [9.17, 15) is 9.59 Å². The predicted molar refractivity (Wildman–Crippen MR) is 86.2 cm³/mol. The number of benzene rings is 1. The molecule has 0 spiro atoms. The highest BCUT2D eigenvalue weighted by Crippen LogP contribution is 2.19. The number of nitrogens with zero attached hydrogens (tertiary/aromatic N) is 1. The van der Waals surface area contributed by atoms with Gasteiger partial charge in [0.25, 0.3) is 0 Å². The van der Waals surface area contributed by atoms with Gasteiger partial charge in [-0.3, -0.25) is 9.59 Å². The van der Waals surface area contributed by atoms with E-state index in [-0.39, 0.29) is 17.9 Å². The van der Waals surface area contributed by atoms with Crippen LogP contribution in [0.5, 0.6) is 0 Å². The molecule has 120 valence electrons. The Morgan fingerprint density at radius 1 is 1.32 bits per heavy atom. The SMILES string of the molecule is CC(C)(N)CNC(=O)C1CCCN1C(=O)Cc1ccccc1. The van der Waals surface area contributed by atoms with Crippen LogP contribution in [0.2, 0.25) is 0 Å². The van der Waals surface area contributed by atoms with Gasteiger partial charge in [0, 0.05) is 18.6 Å². The normalized spacial score (nSPS) is 18.3. The number of nitrogens with two attached hydrogens (primary N) is 1. The largest absolute Gasteiger partial charge is 0.352 e. The Morgan fingerprint density at radius 3 is 2.64 bits per heavy atom. The Balaban J connectivity index is 1.95. The maximum Gasteiger partial charge on any atom is 0.242 e. The molecular weight excluding hydrogens is 278 g/mol. The zero-order valence-electron chi connectivity index (χ0n) is 13.3. The quantitative estimate of drug-likeness (QED) is 0.854. The zero-order chi connectivity index (χ0) is 16.2. The van der Waals surface area contributed by atoms with Crippen LogP contribution in [0, 0.1) is 0 Å². The van der Waals surface area contributed by atoms with Gasteiger partial charge in [-0.1, -0.05) is 30.3 Å². The first-order chi connectivity index (χ1) is 10.4. The number of rotatable bonds is 5. The van der Waals surface area contributed by atoms with E-state index in [1.165, 1.54) is 0 Å². The van der Waals surface area contributed by atoms with Gasteiger partial charge in [-0.25, -0.2) is 0 Å². The molecule has 5 heteroatoms. The van der Waals surface area contributed by atoms with Gasteiger partial charge < -0.3 is 16.0 Å². The Labute approximate surface area is 131 Å². The number of carbonyl (C=O) groups is 2. The molecule has 1 saturated heterocycles. The maximum absolute atomic E-state index is 12.5. The van der Waals surface area contributed by atoms with E-state index in [0.717, 1.165) is 18.4 Å². The lowest BCUT2D eigenvalue weighted by Crippen LogP contribution is -2.51. The van der Waals surface area contributed by atoms with Gasteiger partial charge in [0.15, 0.2) is 0 Å². The minimum atomic E-state index is -0.451. The van der Waals surface area contributed by atoms with Gasteiger partial charge in [-0.05, 0) is 32.3 Å². The van der Waals surface area contributed by atoms with Crippen LogP contribution >= 0.6 is 0 Å². The van der Waals surface area contributed by atoms with E-state index in [0.29, 0.717) is 19.5 Å². The smallest absolute Gasteiger partial charge is 0.242 e. The maximum atomic E-state index is 12.5. The van der Waals surface area contributed by atoms with Crippen molar-refractivity contribution < 1.29 is 9.59 Å². The molecular formula is C17H25N3O2. The molecule has 1 fully saturated rings. The van der Waals surface area contributed by atoms with Crippen molar-refractivity contribution in [1.82, 2.24) is 10.2 Å². The van der Waals surface area contributed by atoms with Crippen molar-refractivity contribution in [2.24, 2.45) is 5.73 Å². The summed E-state index contributed by atoms with van der Waals surface area (Å²) in [5, 5.41) is 2.86. The van der Waals surface area contributed by atoms with Crippen molar-refractivity contribution in [3.8, 4) is 0 Å². The van der Waals surface area contributed by atoms with Crippen LogP contribution in [0.25, 0.3) is 0 Å². The lowest BCUT2D eigenvalue weighted by Gasteiger charge is -2.26. The minimum absolute atomic E-state index is 0.0101. The summed E-state index contributed by atoms with van der Waals surface area (Å²) in [5.41, 5.74) is 6.41. The third-order valence-corrected chi connectivity index (χ3v) is 3.79. The average molecular weight is 303 g/mol. The molecule has 22 heavy (non-hydrogen) atoms. The first-order valence-corrected chi connectivity index (χ1v) is 7.77. The number of amides is 2. The van der Waals surface area contributed by atoms with Gasteiger partial charge in [0.05, 0.1) is 6.42 Å². The highest BCUT2D eigenvalue weighted by atomic mass is 16.2. The van der Waals surface area contributed by atoms with Gasteiger partial charge in [0.2, 0.25) is 11.8 Å². The molecule has 0 aromatic heterocycles. The van der Waals surface area contributed by atoms with Crippen molar-refractivity contribution in [3.05, 3.63) is 35.9 Å².